The number of hydrogen-bond donors (Lipinski definition) is 3. The van der Waals surface area contributed by atoms with Gasteiger partial charge in [-0.2, -0.15) is 5.26 Å². The summed E-state index contributed by atoms with van der Waals surface area (Å²) in [6.45, 7) is 0.241. The molecule has 2 N–H and O–H groups in total. The van der Waals surface area contributed by atoms with Crippen LogP contribution < -0.4 is 4.74 Å². The summed E-state index contributed by atoms with van der Waals surface area (Å²) in [5, 5.41) is 29.0. The molecule has 1 aliphatic heterocycles. The number of rotatable bonds is 5. The fraction of sp³-hybridized carbons (Fsp3) is 0.381. The van der Waals surface area contributed by atoms with Crippen molar-refractivity contribution in [1.29, 1.82) is 5.26 Å². The van der Waals surface area contributed by atoms with E-state index in [0.29, 0.717) is 29.2 Å². The molecule has 0 aromatic heterocycles. The Morgan fingerprint density at radius 1 is 1.30 bits per heavy atom. The third-order valence-corrected chi connectivity index (χ3v) is 6.78. The number of β-amino-alcohol motifs (C(OH)–C–C–N with tert-alkyl or cyclic N) is 1. The largest absolute Gasteiger partial charge is 0.489 e. The molecule has 2 fully saturated rings. The zero-order valence-corrected chi connectivity index (χ0v) is 18.7. The Morgan fingerprint density at radius 3 is 2.53 bits per heavy atom. The van der Waals surface area contributed by atoms with E-state index in [4.69, 9.17) is 21.6 Å². The number of benzene rings is 2. The SMILES string of the molecule is N#Cc1ccc(S(=O)N2CCC(O)(CO)C2)c(OC2CC2)c1.Sc1ccc(Cl)cc1. The van der Waals surface area contributed by atoms with Crippen LogP contribution in [0.1, 0.15) is 24.8 Å². The van der Waals surface area contributed by atoms with Crippen LogP contribution in [-0.2, 0) is 11.0 Å². The van der Waals surface area contributed by atoms with Gasteiger partial charge in [-0.1, -0.05) is 11.6 Å². The van der Waals surface area contributed by atoms with Gasteiger partial charge in [0.05, 0.1) is 29.2 Å². The molecule has 4 rings (SSSR count). The molecule has 2 unspecified atom stereocenters. The lowest BCUT2D eigenvalue weighted by Crippen LogP contribution is -2.37. The van der Waals surface area contributed by atoms with Crippen LogP contribution in [-0.4, -0.2) is 50.1 Å². The van der Waals surface area contributed by atoms with Gasteiger partial charge in [-0.05, 0) is 61.7 Å². The number of halogens is 1. The molecule has 0 radical (unpaired) electrons. The smallest absolute Gasteiger partial charge is 0.138 e. The number of aliphatic hydroxyl groups excluding tert-OH is 1. The maximum atomic E-state index is 12.8. The quantitative estimate of drug-likeness (QED) is 0.588. The highest BCUT2D eigenvalue weighted by atomic mass is 35.5. The summed E-state index contributed by atoms with van der Waals surface area (Å²) in [5.74, 6) is 0.472. The molecule has 9 heteroatoms. The van der Waals surface area contributed by atoms with Crippen LogP contribution in [0.5, 0.6) is 5.75 Å². The van der Waals surface area contributed by atoms with Gasteiger partial charge in [0.1, 0.15) is 22.3 Å². The van der Waals surface area contributed by atoms with Crippen LogP contribution in [0, 0.1) is 11.3 Å². The molecule has 6 nitrogen and oxygen atoms in total. The summed E-state index contributed by atoms with van der Waals surface area (Å²) in [7, 11) is -1.49. The first-order valence-electron chi connectivity index (χ1n) is 9.49. The number of nitrogens with zero attached hydrogens (tertiary/aromatic N) is 2. The summed E-state index contributed by atoms with van der Waals surface area (Å²) in [4.78, 5) is 1.45. The highest BCUT2D eigenvalue weighted by Gasteiger charge is 2.39. The van der Waals surface area contributed by atoms with E-state index in [9.17, 15) is 14.4 Å². The van der Waals surface area contributed by atoms with Gasteiger partial charge in [0.2, 0.25) is 0 Å². The standard InChI is InChI=1S/C15H18N2O4S.C6H5ClS/c16-8-11-1-4-14(13(7-11)21-12-2-3-12)22(20)17-6-5-15(19,9-17)10-18;7-5-1-3-6(8)4-2-5/h1,4,7,12,18-19H,2-3,5-6,9-10H2;1-4,8H. The summed E-state index contributed by atoms with van der Waals surface area (Å²) in [6.07, 6.45) is 2.45. The molecular weight excluding hydrogens is 444 g/mol. The first-order valence-corrected chi connectivity index (χ1v) is 11.4. The third-order valence-electron chi connectivity index (χ3n) is 4.73. The van der Waals surface area contributed by atoms with Crippen molar-refractivity contribution in [2.45, 2.75) is 40.8 Å². The van der Waals surface area contributed by atoms with Gasteiger partial charge in [-0.15, -0.1) is 12.6 Å². The van der Waals surface area contributed by atoms with Gasteiger partial charge < -0.3 is 14.9 Å². The van der Waals surface area contributed by atoms with Crippen molar-refractivity contribution in [1.82, 2.24) is 4.31 Å². The van der Waals surface area contributed by atoms with Gasteiger partial charge in [-0.3, -0.25) is 0 Å². The van der Waals surface area contributed by atoms with Crippen molar-refractivity contribution in [3.8, 4) is 11.8 Å². The van der Waals surface area contributed by atoms with Gasteiger partial charge in [0.25, 0.3) is 0 Å². The predicted molar refractivity (Wildman–Crippen MR) is 118 cm³/mol. The lowest BCUT2D eigenvalue weighted by atomic mass is 10.1. The van der Waals surface area contributed by atoms with E-state index in [1.165, 1.54) is 0 Å². The van der Waals surface area contributed by atoms with Gasteiger partial charge in [0.15, 0.2) is 0 Å². The Balaban J connectivity index is 0.000000269. The monoisotopic (exact) mass is 466 g/mol. The predicted octanol–water partition coefficient (Wildman–Crippen LogP) is 3.18. The molecule has 1 heterocycles. The van der Waals surface area contributed by atoms with Crippen molar-refractivity contribution in [2.75, 3.05) is 19.7 Å². The number of nitriles is 1. The average Bonchev–Trinajstić information content (AvgIpc) is 3.48. The first kappa shape index (κ1) is 23.1. The van der Waals surface area contributed by atoms with Crippen LogP contribution in [0.25, 0.3) is 0 Å². The van der Waals surface area contributed by atoms with Crippen molar-refractivity contribution >= 4 is 35.2 Å². The van der Waals surface area contributed by atoms with E-state index in [1.807, 2.05) is 24.3 Å². The number of aliphatic hydroxyl groups is 2. The maximum Gasteiger partial charge on any atom is 0.138 e. The highest BCUT2D eigenvalue weighted by molar-refractivity contribution is 7.82. The van der Waals surface area contributed by atoms with Crippen LogP contribution in [0.2, 0.25) is 5.02 Å². The number of hydrogen-bond acceptors (Lipinski definition) is 6. The van der Waals surface area contributed by atoms with Crippen molar-refractivity contribution in [3.63, 3.8) is 0 Å². The molecule has 0 spiro atoms. The zero-order chi connectivity index (χ0) is 21.7. The van der Waals surface area contributed by atoms with Crippen LogP contribution in [0.15, 0.2) is 52.3 Å². The van der Waals surface area contributed by atoms with E-state index in [0.717, 1.165) is 22.8 Å². The molecule has 2 aromatic carbocycles. The molecule has 2 aromatic rings. The van der Waals surface area contributed by atoms with E-state index < -0.39 is 16.6 Å². The number of ether oxygens (including phenoxy) is 1. The zero-order valence-electron chi connectivity index (χ0n) is 16.2. The summed E-state index contributed by atoms with van der Waals surface area (Å²) in [6, 6.07) is 14.2. The van der Waals surface area contributed by atoms with Crippen LogP contribution in [0.3, 0.4) is 0 Å². The Bertz CT molecular complexity index is 926. The second kappa shape index (κ2) is 10.1. The van der Waals surface area contributed by atoms with E-state index in [1.54, 1.807) is 22.5 Å². The fourth-order valence-electron chi connectivity index (χ4n) is 2.85. The molecule has 1 saturated carbocycles. The molecule has 1 saturated heterocycles. The van der Waals surface area contributed by atoms with E-state index in [-0.39, 0.29) is 19.3 Å². The molecular formula is C21H23ClN2O4S2. The highest BCUT2D eigenvalue weighted by Crippen LogP contribution is 2.34. The van der Waals surface area contributed by atoms with Gasteiger partial charge in [-0.25, -0.2) is 8.51 Å². The van der Waals surface area contributed by atoms with Crippen LogP contribution in [0.4, 0.5) is 0 Å². The molecule has 0 amide bonds. The van der Waals surface area contributed by atoms with Crippen molar-refractivity contribution in [2.24, 2.45) is 0 Å². The fourth-order valence-corrected chi connectivity index (χ4v) is 4.48. The van der Waals surface area contributed by atoms with E-state index >= 15 is 0 Å². The third kappa shape index (κ3) is 6.20. The molecule has 30 heavy (non-hydrogen) atoms. The molecule has 160 valence electrons. The Kier molecular flexibility index (Phi) is 7.80. The first-order chi connectivity index (χ1) is 14.3. The van der Waals surface area contributed by atoms with Gasteiger partial charge >= 0.3 is 0 Å². The van der Waals surface area contributed by atoms with Crippen LogP contribution >= 0.6 is 24.2 Å². The van der Waals surface area contributed by atoms with Gasteiger partial charge in [0, 0.05) is 23.0 Å². The second-order valence-electron chi connectivity index (χ2n) is 7.31. The Hall–Kier alpha value is -1.60. The second-order valence-corrected chi connectivity index (χ2v) is 9.72. The Labute approximate surface area is 189 Å². The minimum Gasteiger partial charge on any atom is -0.489 e. The topological polar surface area (TPSA) is 93.8 Å². The van der Waals surface area contributed by atoms with Crippen molar-refractivity contribution in [3.05, 3.63) is 53.1 Å². The van der Waals surface area contributed by atoms with E-state index in [2.05, 4.69) is 18.7 Å². The minimum absolute atomic E-state index is 0.137. The summed E-state index contributed by atoms with van der Waals surface area (Å²) < 4.78 is 20.2. The normalized spacial score (nSPS) is 22.0. The Morgan fingerprint density at radius 2 is 2.00 bits per heavy atom. The molecule has 1 aliphatic carbocycles. The summed E-state index contributed by atoms with van der Waals surface area (Å²) >= 11 is 9.65. The van der Waals surface area contributed by atoms with Crippen molar-refractivity contribution < 1.29 is 19.2 Å². The lowest BCUT2D eigenvalue weighted by molar-refractivity contribution is -0.000509. The minimum atomic E-state index is -1.49. The summed E-state index contributed by atoms with van der Waals surface area (Å²) in [5.41, 5.74) is -0.732. The lowest BCUT2D eigenvalue weighted by Gasteiger charge is -2.21. The molecule has 2 atom stereocenters. The molecule has 2 aliphatic rings. The number of thiol groups is 1. The maximum absolute atomic E-state index is 12.8. The average molecular weight is 467 g/mol. The molecule has 0 bridgehead atoms.